The van der Waals surface area contributed by atoms with Crippen LogP contribution in [-0.2, 0) is 4.79 Å². The summed E-state index contributed by atoms with van der Waals surface area (Å²) in [5, 5.41) is 5.79. The predicted molar refractivity (Wildman–Crippen MR) is 125 cm³/mol. The molecule has 3 atom stereocenters. The van der Waals surface area contributed by atoms with Gasteiger partial charge in [0.15, 0.2) is 0 Å². The van der Waals surface area contributed by atoms with Gasteiger partial charge >= 0.3 is 0 Å². The standard InChI is InChI=1S/C24H20Cl3FN2O2/c1-3-23(9-10-23)30-21(31)17-12-16(7-8-18(17)25)29-22(32)20-19(24(20,26)27)15-6-4-5-14(11-15)13(2)28/h1,4-8,11-13,19-20H,9-10H2,2H3,(H,29,32)(H,30,31). The van der Waals surface area contributed by atoms with E-state index in [1.54, 1.807) is 30.3 Å². The number of benzene rings is 2. The molecule has 0 saturated heterocycles. The van der Waals surface area contributed by atoms with Crippen molar-refractivity contribution in [2.75, 3.05) is 5.32 Å². The minimum Gasteiger partial charge on any atom is -0.336 e. The van der Waals surface area contributed by atoms with E-state index < -0.39 is 39.7 Å². The lowest BCUT2D eigenvalue weighted by Gasteiger charge is -2.13. The number of carbonyl (C=O) groups is 2. The first-order valence-electron chi connectivity index (χ1n) is 10.1. The van der Waals surface area contributed by atoms with Gasteiger partial charge in [0.1, 0.15) is 16.0 Å². The summed E-state index contributed by atoms with van der Waals surface area (Å²) in [5.74, 6) is 0.550. The summed E-state index contributed by atoms with van der Waals surface area (Å²) in [6.07, 6.45) is 5.75. The van der Waals surface area contributed by atoms with Gasteiger partial charge < -0.3 is 10.6 Å². The highest BCUT2D eigenvalue weighted by molar-refractivity contribution is 6.53. The van der Waals surface area contributed by atoms with Crippen molar-refractivity contribution in [1.29, 1.82) is 0 Å². The Bertz CT molecular complexity index is 1140. The van der Waals surface area contributed by atoms with Crippen LogP contribution in [0, 0.1) is 18.3 Å². The first kappa shape index (κ1) is 22.9. The number of terminal acetylenes is 1. The molecule has 2 saturated carbocycles. The summed E-state index contributed by atoms with van der Waals surface area (Å²) < 4.78 is 12.4. The van der Waals surface area contributed by atoms with Gasteiger partial charge in [0.2, 0.25) is 5.91 Å². The molecule has 2 aromatic rings. The van der Waals surface area contributed by atoms with Crippen LogP contribution in [-0.4, -0.2) is 21.7 Å². The number of nitrogens with one attached hydrogen (secondary N) is 2. The Labute approximate surface area is 200 Å². The normalized spacial score (nSPS) is 22.9. The molecule has 2 aromatic carbocycles. The predicted octanol–water partition coefficient (Wildman–Crippen LogP) is 5.79. The fourth-order valence-corrected chi connectivity index (χ4v) is 4.81. The maximum Gasteiger partial charge on any atom is 0.254 e. The maximum atomic E-state index is 13.7. The molecule has 3 unspecified atom stereocenters. The van der Waals surface area contributed by atoms with E-state index in [0.717, 1.165) is 0 Å². The Hall–Kier alpha value is -2.26. The summed E-state index contributed by atoms with van der Waals surface area (Å²) >= 11 is 19.0. The second-order valence-corrected chi connectivity index (χ2v) is 10.1. The van der Waals surface area contributed by atoms with Gasteiger partial charge in [0.25, 0.3) is 5.91 Å². The first-order chi connectivity index (χ1) is 15.1. The van der Waals surface area contributed by atoms with Crippen molar-refractivity contribution < 1.29 is 14.0 Å². The van der Waals surface area contributed by atoms with E-state index in [0.29, 0.717) is 29.7 Å². The van der Waals surface area contributed by atoms with E-state index in [4.69, 9.17) is 41.2 Å². The van der Waals surface area contributed by atoms with E-state index in [1.807, 2.05) is 0 Å². The Balaban J connectivity index is 1.50. The summed E-state index contributed by atoms with van der Waals surface area (Å²) in [7, 11) is 0. The third-order valence-corrected chi connectivity index (χ3v) is 7.19. The van der Waals surface area contributed by atoms with E-state index in [1.165, 1.54) is 19.1 Å². The number of anilines is 1. The molecule has 0 bridgehead atoms. The fraction of sp³-hybridized carbons (Fsp3) is 0.333. The van der Waals surface area contributed by atoms with Gasteiger partial charge in [0, 0.05) is 11.6 Å². The van der Waals surface area contributed by atoms with Crippen LogP contribution in [0.15, 0.2) is 42.5 Å². The van der Waals surface area contributed by atoms with Crippen LogP contribution in [0.3, 0.4) is 0 Å². The zero-order valence-electron chi connectivity index (χ0n) is 17.1. The van der Waals surface area contributed by atoms with Crippen LogP contribution >= 0.6 is 34.8 Å². The number of amides is 2. The molecule has 4 rings (SSSR count). The molecule has 32 heavy (non-hydrogen) atoms. The number of hydrogen-bond donors (Lipinski definition) is 2. The van der Waals surface area contributed by atoms with Crippen LogP contribution in [0.1, 0.15) is 53.3 Å². The molecule has 0 aliphatic heterocycles. The van der Waals surface area contributed by atoms with Gasteiger partial charge in [-0.15, -0.1) is 29.6 Å². The minimum atomic E-state index is -1.32. The van der Waals surface area contributed by atoms with Crippen molar-refractivity contribution in [1.82, 2.24) is 5.32 Å². The first-order valence-corrected chi connectivity index (χ1v) is 11.2. The lowest BCUT2D eigenvalue weighted by molar-refractivity contribution is -0.117. The van der Waals surface area contributed by atoms with Gasteiger partial charge in [-0.3, -0.25) is 9.59 Å². The number of halogens is 4. The van der Waals surface area contributed by atoms with Gasteiger partial charge in [-0.2, -0.15) is 0 Å². The topological polar surface area (TPSA) is 58.2 Å². The van der Waals surface area contributed by atoms with Crippen LogP contribution in [0.2, 0.25) is 5.02 Å². The molecule has 2 fully saturated rings. The van der Waals surface area contributed by atoms with Gasteiger partial charge in [-0.1, -0.05) is 41.8 Å². The lowest BCUT2D eigenvalue weighted by atomic mass is 10.0. The third kappa shape index (κ3) is 4.32. The summed E-state index contributed by atoms with van der Waals surface area (Å²) in [4.78, 5) is 25.5. The smallest absolute Gasteiger partial charge is 0.254 e. The molecule has 4 nitrogen and oxygen atoms in total. The summed E-state index contributed by atoms with van der Waals surface area (Å²) in [5.41, 5.74) is 1.13. The van der Waals surface area contributed by atoms with Gasteiger partial charge in [0.05, 0.1) is 16.5 Å². The molecule has 2 N–H and O–H groups in total. The molecule has 0 spiro atoms. The van der Waals surface area contributed by atoms with Crippen molar-refractivity contribution in [3.63, 3.8) is 0 Å². The van der Waals surface area contributed by atoms with Crippen LogP contribution < -0.4 is 10.6 Å². The van der Waals surface area contributed by atoms with Crippen LogP contribution in [0.25, 0.3) is 0 Å². The highest BCUT2D eigenvalue weighted by Gasteiger charge is 2.67. The molecule has 2 aliphatic carbocycles. The van der Waals surface area contributed by atoms with E-state index in [9.17, 15) is 14.0 Å². The lowest BCUT2D eigenvalue weighted by Crippen LogP contribution is -2.35. The van der Waals surface area contributed by atoms with Crippen LogP contribution in [0.4, 0.5) is 10.1 Å². The number of hydrogen-bond acceptors (Lipinski definition) is 2. The molecule has 2 amide bonds. The third-order valence-electron chi connectivity index (χ3n) is 5.92. The number of carbonyl (C=O) groups excluding carboxylic acids is 2. The quantitative estimate of drug-likeness (QED) is 0.395. The molecule has 166 valence electrons. The van der Waals surface area contributed by atoms with Gasteiger partial charge in [-0.25, -0.2) is 4.39 Å². The van der Waals surface area contributed by atoms with Crippen molar-refractivity contribution in [2.45, 2.75) is 41.7 Å². The Morgan fingerprint density at radius 3 is 2.56 bits per heavy atom. The van der Waals surface area contributed by atoms with Crippen molar-refractivity contribution in [3.8, 4) is 12.3 Å². The highest BCUT2D eigenvalue weighted by Crippen LogP contribution is 2.65. The second kappa shape index (κ2) is 8.26. The Morgan fingerprint density at radius 1 is 1.22 bits per heavy atom. The molecule has 8 heteroatoms. The monoisotopic (exact) mass is 492 g/mol. The molecular weight excluding hydrogens is 474 g/mol. The maximum absolute atomic E-state index is 13.7. The fourth-order valence-electron chi connectivity index (χ4n) is 3.78. The summed E-state index contributed by atoms with van der Waals surface area (Å²) in [6, 6.07) is 11.4. The van der Waals surface area contributed by atoms with Crippen molar-refractivity contribution in [2.24, 2.45) is 5.92 Å². The average molecular weight is 494 g/mol. The largest absolute Gasteiger partial charge is 0.336 e. The number of alkyl halides is 3. The van der Waals surface area contributed by atoms with E-state index in [2.05, 4.69) is 16.6 Å². The Morgan fingerprint density at radius 2 is 1.94 bits per heavy atom. The molecule has 0 aromatic heterocycles. The van der Waals surface area contributed by atoms with Crippen molar-refractivity contribution in [3.05, 3.63) is 64.2 Å². The van der Waals surface area contributed by atoms with Gasteiger partial charge in [-0.05, 0) is 49.1 Å². The molecule has 0 heterocycles. The second-order valence-electron chi connectivity index (χ2n) is 8.28. The molecule has 2 aliphatic rings. The Kier molecular flexibility index (Phi) is 5.92. The van der Waals surface area contributed by atoms with Crippen LogP contribution in [0.5, 0.6) is 0 Å². The van der Waals surface area contributed by atoms with Crippen molar-refractivity contribution >= 4 is 52.3 Å². The zero-order valence-corrected chi connectivity index (χ0v) is 19.4. The summed E-state index contributed by atoms with van der Waals surface area (Å²) in [6.45, 7) is 1.44. The molecular formula is C24H20Cl3FN2O2. The van der Waals surface area contributed by atoms with E-state index >= 15 is 0 Å². The minimum absolute atomic E-state index is 0.200. The highest BCUT2D eigenvalue weighted by atomic mass is 35.5. The number of rotatable bonds is 6. The SMILES string of the molecule is C#CC1(NC(=O)c2cc(NC(=O)C3C(c4cccc(C(C)F)c4)C3(Cl)Cl)ccc2Cl)CC1. The van der Waals surface area contributed by atoms with E-state index in [-0.39, 0.29) is 10.6 Å². The zero-order chi connectivity index (χ0) is 23.3. The molecule has 0 radical (unpaired) electrons. The average Bonchev–Trinajstić information content (AvgIpc) is 3.64.